The Balaban J connectivity index is 2.10. The first-order valence-electron chi connectivity index (χ1n) is 5.62. The van der Waals surface area contributed by atoms with Crippen molar-refractivity contribution in [3.05, 3.63) is 28.6 Å². The number of rotatable bonds is 2. The molecule has 2 aliphatic rings. The first-order valence-corrected chi connectivity index (χ1v) is 5.62. The number of hydrogen-bond acceptors (Lipinski definition) is 5. The molecule has 3 rings (SSSR count). The van der Waals surface area contributed by atoms with Gasteiger partial charge in [0, 0.05) is 0 Å². The Morgan fingerprint density at radius 1 is 1.71 bits per heavy atom. The number of carbonyl (C=O) groups is 1. The van der Waals surface area contributed by atoms with E-state index in [1.807, 2.05) is 0 Å². The van der Waals surface area contributed by atoms with E-state index in [4.69, 9.17) is 4.74 Å². The van der Waals surface area contributed by atoms with Gasteiger partial charge in [0.1, 0.15) is 11.8 Å². The molecule has 0 spiro atoms. The summed E-state index contributed by atoms with van der Waals surface area (Å²) in [5.74, 6) is -0.481. The van der Waals surface area contributed by atoms with Gasteiger partial charge in [-0.15, -0.1) is 0 Å². The molecule has 0 bridgehead atoms. The molecular weight excluding hydrogens is 222 g/mol. The summed E-state index contributed by atoms with van der Waals surface area (Å²) in [6.45, 7) is -0.0910. The smallest absolute Gasteiger partial charge is 0.356 e. The molecule has 0 amide bonds. The molecule has 1 aromatic heterocycles. The summed E-state index contributed by atoms with van der Waals surface area (Å²) in [7, 11) is 1.32. The summed E-state index contributed by atoms with van der Waals surface area (Å²) in [5, 5.41) is 9.35. The predicted octanol–water partition coefficient (Wildman–Crippen LogP) is 0.747. The lowest BCUT2D eigenvalue weighted by molar-refractivity contribution is 0.0593. The summed E-state index contributed by atoms with van der Waals surface area (Å²) in [5.41, 5.74) is 2.82. The molecule has 1 fully saturated rings. The van der Waals surface area contributed by atoms with E-state index in [0.717, 1.165) is 29.7 Å². The SMILES string of the molecule is COC(=O)c1cc(CO)c2c(n1)[C@H]1O[C@H]1CC2. The fraction of sp³-hybridized carbons (Fsp3) is 0.500. The van der Waals surface area contributed by atoms with Crippen molar-refractivity contribution in [1.29, 1.82) is 0 Å². The summed E-state index contributed by atoms with van der Waals surface area (Å²) in [4.78, 5) is 15.8. The Morgan fingerprint density at radius 2 is 2.53 bits per heavy atom. The second-order valence-corrected chi connectivity index (χ2v) is 4.31. The van der Waals surface area contributed by atoms with Crippen LogP contribution in [0.1, 0.15) is 39.8 Å². The Labute approximate surface area is 98.4 Å². The van der Waals surface area contributed by atoms with Crippen LogP contribution in [0.25, 0.3) is 0 Å². The minimum absolute atomic E-state index is 0.00801. The monoisotopic (exact) mass is 235 g/mol. The summed E-state index contributed by atoms with van der Waals surface area (Å²) in [6, 6.07) is 1.60. The van der Waals surface area contributed by atoms with Gasteiger partial charge in [0.25, 0.3) is 0 Å². The zero-order valence-corrected chi connectivity index (χ0v) is 9.47. The zero-order valence-electron chi connectivity index (χ0n) is 9.47. The number of pyridine rings is 1. The molecule has 2 heterocycles. The third-order valence-electron chi connectivity index (χ3n) is 3.34. The van der Waals surface area contributed by atoms with Gasteiger partial charge in [0.05, 0.1) is 25.5 Å². The van der Waals surface area contributed by atoms with Crippen molar-refractivity contribution >= 4 is 5.97 Å². The molecule has 1 saturated heterocycles. The Hall–Kier alpha value is -1.46. The number of methoxy groups -OCH3 is 1. The Morgan fingerprint density at radius 3 is 3.24 bits per heavy atom. The molecule has 0 aromatic carbocycles. The minimum Gasteiger partial charge on any atom is -0.464 e. The zero-order chi connectivity index (χ0) is 12.0. The van der Waals surface area contributed by atoms with E-state index in [1.54, 1.807) is 6.07 Å². The normalized spacial score (nSPS) is 24.8. The van der Waals surface area contributed by atoms with Gasteiger partial charge in [0.15, 0.2) is 0 Å². The van der Waals surface area contributed by atoms with Crippen LogP contribution in [0.3, 0.4) is 0 Å². The number of ether oxygens (including phenoxy) is 2. The maximum Gasteiger partial charge on any atom is 0.356 e. The van der Waals surface area contributed by atoms with Crippen LogP contribution in [0, 0.1) is 0 Å². The summed E-state index contributed by atoms with van der Waals surface area (Å²) >= 11 is 0. The molecular formula is C12H13NO4. The van der Waals surface area contributed by atoms with Crippen molar-refractivity contribution in [2.75, 3.05) is 7.11 Å². The highest BCUT2D eigenvalue weighted by Crippen LogP contribution is 2.46. The van der Waals surface area contributed by atoms with E-state index in [0.29, 0.717) is 0 Å². The van der Waals surface area contributed by atoms with E-state index in [9.17, 15) is 9.90 Å². The van der Waals surface area contributed by atoms with Gasteiger partial charge in [-0.05, 0) is 30.0 Å². The average Bonchev–Trinajstić information content (AvgIpc) is 3.15. The molecule has 90 valence electrons. The highest BCUT2D eigenvalue weighted by molar-refractivity contribution is 5.87. The first-order chi connectivity index (χ1) is 8.24. The number of aromatic nitrogens is 1. The highest BCUT2D eigenvalue weighted by atomic mass is 16.6. The van der Waals surface area contributed by atoms with Gasteiger partial charge in [-0.3, -0.25) is 0 Å². The minimum atomic E-state index is -0.481. The van der Waals surface area contributed by atoms with E-state index >= 15 is 0 Å². The number of fused-ring (bicyclic) bond motifs is 3. The van der Waals surface area contributed by atoms with Gasteiger partial charge in [0.2, 0.25) is 0 Å². The van der Waals surface area contributed by atoms with Gasteiger partial charge in [-0.2, -0.15) is 0 Å². The van der Waals surface area contributed by atoms with Crippen molar-refractivity contribution in [3.8, 4) is 0 Å². The summed E-state index contributed by atoms with van der Waals surface area (Å²) < 4.78 is 10.1. The molecule has 17 heavy (non-hydrogen) atoms. The second kappa shape index (κ2) is 3.78. The van der Waals surface area contributed by atoms with E-state index in [1.165, 1.54) is 7.11 Å². The van der Waals surface area contributed by atoms with Crippen LogP contribution in [0.15, 0.2) is 6.07 Å². The first kappa shape index (κ1) is 10.7. The topological polar surface area (TPSA) is 72.0 Å². The molecule has 0 radical (unpaired) electrons. The lowest BCUT2D eigenvalue weighted by atomic mass is 9.92. The van der Waals surface area contributed by atoms with Gasteiger partial charge < -0.3 is 14.6 Å². The largest absolute Gasteiger partial charge is 0.464 e. The Kier molecular flexibility index (Phi) is 2.38. The third-order valence-corrected chi connectivity index (χ3v) is 3.34. The third kappa shape index (κ3) is 1.62. The molecule has 0 saturated carbocycles. The van der Waals surface area contributed by atoms with Gasteiger partial charge in [-0.25, -0.2) is 9.78 Å². The predicted molar refractivity (Wildman–Crippen MR) is 57.4 cm³/mol. The maximum absolute atomic E-state index is 11.5. The van der Waals surface area contributed by atoms with Crippen LogP contribution >= 0.6 is 0 Å². The van der Waals surface area contributed by atoms with Crippen molar-refractivity contribution in [3.63, 3.8) is 0 Å². The quantitative estimate of drug-likeness (QED) is 0.605. The van der Waals surface area contributed by atoms with Crippen molar-refractivity contribution in [2.45, 2.75) is 31.7 Å². The molecule has 0 unspecified atom stereocenters. The molecule has 5 heteroatoms. The Bertz CT molecular complexity index is 486. The fourth-order valence-corrected chi connectivity index (χ4v) is 2.41. The van der Waals surface area contributed by atoms with E-state index < -0.39 is 5.97 Å². The van der Waals surface area contributed by atoms with Crippen LogP contribution in [0.5, 0.6) is 0 Å². The lowest BCUT2D eigenvalue weighted by Gasteiger charge is -2.15. The number of carbonyl (C=O) groups excluding carboxylic acids is 1. The number of aliphatic hydroxyl groups excluding tert-OH is 1. The highest BCUT2D eigenvalue weighted by Gasteiger charge is 2.46. The van der Waals surface area contributed by atoms with Crippen LogP contribution in [-0.4, -0.2) is 29.3 Å². The number of epoxide rings is 1. The number of hydrogen-bond donors (Lipinski definition) is 1. The molecule has 5 nitrogen and oxygen atoms in total. The molecule has 1 aliphatic heterocycles. The lowest BCUT2D eigenvalue weighted by Crippen LogP contribution is -2.15. The number of aliphatic hydroxyl groups is 1. The van der Waals surface area contributed by atoms with Crippen molar-refractivity contribution in [1.82, 2.24) is 4.98 Å². The van der Waals surface area contributed by atoms with Gasteiger partial charge >= 0.3 is 5.97 Å². The average molecular weight is 235 g/mol. The standard InChI is InChI=1S/C12H13NO4/c1-16-12(15)8-4-6(5-14)7-2-3-9-11(17-9)10(7)13-8/h4,9,11,14H,2-3,5H2,1H3/t9-,11-/m0/s1. The van der Waals surface area contributed by atoms with E-state index in [2.05, 4.69) is 9.72 Å². The van der Waals surface area contributed by atoms with E-state index in [-0.39, 0.29) is 24.5 Å². The molecule has 1 N–H and O–H groups in total. The molecule has 1 aromatic rings. The van der Waals surface area contributed by atoms with Crippen LogP contribution < -0.4 is 0 Å². The number of nitrogens with zero attached hydrogens (tertiary/aromatic N) is 1. The summed E-state index contributed by atoms with van der Waals surface area (Å²) in [6.07, 6.45) is 2.06. The van der Waals surface area contributed by atoms with Crippen LogP contribution in [0.4, 0.5) is 0 Å². The fourth-order valence-electron chi connectivity index (χ4n) is 2.41. The second-order valence-electron chi connectivity index (χ2n) is 4.31. The van der Waals surface area contributed by atoms with Crippen LogP contribution in [0.2, 0.25) is 0 Å². The van der Waals surface area contributed by atoms with Crippen molar-refractivity contribution < 1.29 is 19.4 Å². The van der Waals surface area contributed by atoms with Crippen molar-refractivity contribution in [2.24, 2.45) is 0 Å². The molecule has 1 aliphatic carbocycles. The molecule has 2 atom stereocenters. The van der Waals surface area contributed by atoms with Gasteiger partial charge in [-0.1, -0.05) is 0 Å². The maximum atomic E-state index is 11.5. The van der Waals surface area contributed by atoms with Crippen LogP contribution in [-0.2, 0) is 22.5 Å². The number of esters is 1.